The van der Waals surface area contributed by atoms with Crippen molar-refractivity contribution < 1.29 is 14.7 Å². The first-order chi connectivity index (χ1) is 14.0. The molecular weight excluding hydrogens is 364 g/mol. The Morgan fingerprint density at radius 2 is 1.59 bits per heavy atom. The molecule has 29 heavy (non-hydrogen) atoms. The summed E-state index contributed by atoms with van der Waals surface area (Å²) in [5, 5.41) is 12.1. The number of carbonyl (C=O) groups is 2. The van der Waals surface area contributed by atoms with Crippen LogP contribution in [0.15, 0.2) is 78.9 Å². The summed E-state index contributed by atoms with van der Waals surface area (Å²) in [5.74, 6) is -0.933. The van der Waals surface area contributed by atoms with Gasteiger partial charge in [-0.25, -0.2) is 0 Å². The van der Waals surface area contributed by atoms with Crippen LogP contribution >= 0.6 is 0 Å². The van der Waals surface area contributed by atoms with Crippen LogP contribution in [0.25, 0.3) is 11.1 Å². The van der Waals surface area contributed by atoms with Crippen LogP contribution in [0, 0.1) is 0 Å². The van der Waals surface area contributed by atoms with Crippen molar-refractivity contribution in [1.82, 2.24) is 5.32 Å². The third-order valence-corrected chi connectivity index (χ3v) is 4.70. The molecule has 148 valence electrons. The maximum atomic E-state index is 12.2. The highest BCUT2D eigenvalue weighted by Crippen LogP contribution is 2.21. The topological polar surface area (TPSA) is 92.4 Å². The molecule has 0 unspecified atom stereocenters. The molecule has 0 heterocycles. The molecule has 1 atom stereocenters. The van der Waals surface area contributed by atoms with E-state index < -0.39 is 12.0 Å². The Morgan fingerprint density at radius 3 is 2.28 bits per heavy atom. The van der Waals surface area contributed by atoms with E-state index in [4.69, 9.17) is 10.8 Å². The molecule has 0 aliphatic heterocycles. The molecule has 3 aromatic rings. The van der Waals surface area contributed by atoms with Crippen molar-refractivity contribution in [2.75, 3.05) is 6.54 Å². The summed E-state index contributed by atoms with van der Waals surface area (Å²) in [5.41, 5.74) is 10.4. The Morgan fingerprint density at radius 1 is 0.862 bits per heavy atom. The SMILES string of the molecule is N[C@@H](Cc1ccc(-c2cccc(CNCC(=O)c3ccccc3)c2)cc1)C(=O)O. The summed E-state index contributed by atoms with van der Waals surface area (Å²) in [6, 6.07) is 24.2. The van der Waals surface area contributed by atoms with Crippen molar-refractivity contribution in [3.05, 3.63) is 95.6 Å². The van der Waals surface area contributed by atoms with Crippen molar-refractivity contribution in [3.63, 3.8) is 0 Å². The van der Waals surface area contributed by atoms with Crippen LogP contribution in [0.1, 0.15) is 21.5 Å². The third kappa shape index (κ3) is 5.85. The normalized spacial score (nSPS) is 11.8. The molecule has 3 rings (SSSR count). The van der Waals surface area contributed by atoms with E-state index in [1.165, 1.54) is 0 Å². The van der Waals surface area contributed by atoms with E-state index in [2.05, 4.69) is 11.4 Å². The van der Waals surface area contributed by atoms with Crippen LogP contribution in [0.4, 0.5) is 0 Å². The van der Waals surface area contributed by atoms with Crippen LogP contribution in [-0.2, 0) is 17.8 Å². The zero-order chi connectivity index (χ0) is 20.6. The second-order valence-electron chi connectivity index (χ2n) is 6.94. The second-order valence-corrected chi connectivity index (χ2v) is 6.94. The summed E-state index contributed by atoms with van der Waals surface area (Å²) < 4.78 is 0. The van der Waals surface area contributed by atoms with Gasteiger partial charge in [-0.1, -0.05) is 72.8 Å². The van der Waals surface area contributed by atoms with Crippen LogP contribution in [0.3, 0.4) is 0 Å². The summed E-state index contributed by atoms with van der Waals surface area (Å²) in [6.45, 7) is 0.880. The number of Topliss-reactive ketones (excluding diaryl/α,β-unsaturated/α-hetero) is 1. The lowest BCUT2D eigenvalue weighted by Crippen LogP contribution is -2.32. The number of hydrogen-bond acceptors (Lipinski definition) is 4. The first kappa shape index (κ1) is 20.5. The Bertz CT molecular complexity index is 969. The smallest absolute Gasteiger partial charge is 0.320 e. The molecule has 0 spiro atoms. The Hall–Kier alpha value is -3.28. The largest absolute Gasteiger partial charge is 0.480 e. The number of nitrogens with one attached hydrogen (secondary N) is 1. The van der Waals surface area contributed by atoms with E-state index in [0.717, 1.165) is 22.3 Å². The van der Waals surface area contributed by atoms with E-state index >= 15 is 0 Å². The van der Waals surface area contributed by atoms with Crippen molar-refractivity contribution in [1.29, 1.82) is 0 Å². The summed E-state index contributed by atoms with van der Waals surface area (Å²) in [4.78, 5) is 23.1. The van der Waals surface area contributed by atoms with Gasteiger partial charge in [0.15, 0.2) is 5.78 Å². The number of benzene rings is 3. The van der Waals surface area contributed by atoms with Gasteiger partial charge in [0.05, 0.1) is 6.54 Å². The Kier molecular flexibility index (Phi) is 6.89. The minimum atomic E-state index is -1.000. The number of carboxylic acid groups (broad SMARTS) is 1. The quantitative estimate of drug-likeness (QED) is 0.489. The number of aliphatic carboxylic acids is 1. The molecule has 0 radical (unpaired) electrons. The van der Waals surface area contributed by atoms with Crippen LogP contribution in [-0.4, -0.2) is 29.4 Å². The number of hydrogen-bond donors (Lipinski definition) is 3. The highest BCUT2D eigenvalue weighted by atomic mass is 16.4. The van der Waals surface area contributed by atoms with Gasteiger partial charge in [0, 0.05) is 12.1 Å². The third-order valence-electron chi connectivity index (χ3n) is 4.70. The maximum absolute atomic E-state index is 12.2. The fourth-order valence-corrected chi connectivity index (χ4v) is 3.08. The molecule has 0 aliphatic carbocycles. The summed E-state index contributed by atoms with van der Waals surface area (Å²) in [7, 11) is 0. The number of carbonyl (C=O) groups excluding carboxylic acids is 1. The summed E-state index contributed by atoms with van der Waals surface area (Å²) in [6.07, 6.45) is 0.301. The van der Waals surface area contributed by atoms with Gasteiger partial charge < -0.3 is 16.2 Å². The van der Waals surface area contributed by atoms with E-state index in [1.54, 1.807) is 0 Å². The van der Waals surface area contributed by atoms with Gasteiger partial charge in [0.2, 0.25) is 0 Å². The molecule has 0 aromatic heterocycles. The second kappa shape index (κ2) is 9.78. The fourth-order valence-electron chi connectivity index (χ4n) is 3.08. The molecule has 0 bridgehead atoms. The lowest BCUT2D eigenvalue weighted by Gasteiger charge is -2.09. The Labute approximate surface area is 170 Å². The molecule has 0 saturated carbocycles. The van der Waals surface area contributed by atoms with Crippen molar-refractivity contribution in [2.45, 2.75) is 19.0 Å². The maximum Gasteiger partial charge on any atom is 0.320 e. The zero-order valence-electron chi connectivity index (χ0n) is 16.0. The van der Waals surface area contributed by atoms with Gasteiger partial charge in [-0.15, -0.1) is 0 Å². The summed E-state index contributed by atoms with van der Waals surface area (Å²) >= 11 is 0. The van der Waals surface area contributed by atoms with Crippen molar-refractivity contribution in [3.8, 4) is 11.1 Å². The Balaban J connectivity index is 1.59. The monoisotopic (exact) mass is 388 g/mol. The molecule has 5 nitrogen and oxygen atoms in total. The highest BCUT2D eigenvalue weighted by Gasteiger charge is 2.12. The molecule has 3 aromatic carbocycles. The lowest BCUT2D eigenvalue weighted by molar-refractivity contribution is -0.138. The van der Waals surface area contributed by atoms with E-state index in [-0.39, 0.29) is 12.3 Å². The first-order valence-electron chi connectivity index (χ1n) is 9.48. The minimum Gasteiger partial charge on any atom is -0.480 e. The van der Waals surface area contributed by atoms with E-state index in [0.29, 0.717) is 18.5 Å². The molecule has 0 aliphatic rings. The highest BCUT2D eigenvalue weighted by molar-refractivity contribution is 5.97. The molecular formula is C24H24N2O3. The fraction of sp³-hybridized carbons (Fsp3) is 0.167. The van der Waals surface area contributed by atoms with Gasteiger partial charge in [-0.2, -0.15) is 0 Å². The average Bonchev–Trinajstić information content (AvgIpc) is 2.75. The first-order valence-corrected chi connectivity index (χ1v) is 9.48. The van der Waals surface area contributed by atoms with Crippen LogP contribution in [0.5, 0.6) is 0 Å². The molecule has 0 amide bonds. The molecule has 0 saturated heterocycles. The van der Waals surface area contributed by atoms with E-state index in [9.17, 15) is 9.59 Å². The van der Waals surface area contributed by atoms with Crippen molar-refractivity contribution >= 4 is 11.8 Å². The number of ketones is 1. The standard InChI is InChI=1S/C24H24N2O3/c25-22(24(28)29)14-17-9-11-19(12-10-17)21-8-4-5-18(13-21)15-26-16-23(27)20-6-2-1-3-7-20/h1-13,22,26H,14-16,25H2,(H,28,29)/t22-/m0/s1. The minimum absolute atomic E-state index is 0.0666. The lowest BCUT2D eigenvalue weighted by atomic mass is 9.99. The predicted octanol–water partition coefficient (Wildman–Crippen LogP) is 3.28. The van der Waals surface area contributed by atoms with Gasteiger partial charge >= 0.3 is 5.97 Å². The van der Waals surface area contributed by atoms with Gasteiger partial charge in [0.25, 0.3) is 0 Å². The van der Waals surface area contributed by atoms with Gasteiger partial charge in [-0.05, 0) is 34.7 Å². The number of carboxylic acids is 1. The predicted molar refractivity (Wildman–Crippen MR) is 114 cm³/mol. The van der Waals surface area contributed by atoms with Crippen LogP contribution in [0.2, 0.25) is 0 Å². The number of rotatable bonds is 9. The average molecular weight is 388 g/mol. The molecule has 0 fully saturated rings. The molecule has 5 heteroatoms. The number of nitrogens with two attached hydrogens (primary N) is 1. The zero-order valence-corrected chi connectivity index (χ0v) is 16.0. The van der Waals surface area contributed by atoms with Gasteiger partial charge in [0.1, 0.15) is 6.04 Å². The molecule has 4 N–H and O–H groups in total. The van der Waals surface area contributed by atoms with Crippen molar-refractivity contribution in [2.24, 2.45) is 5.73 Å². The van der Waals surface area contributed by atoms with E-state index in [1.807, 2.05) is 72.8 Å². The van der Waals surface area contributed by atoms with Crippen LogP contribution < -0.4 is 11.1 Å². The van der Waals surface area contributed by atoms with Gasteiger partial charge in [-0.3, -0.25) is 9.59 Å².